The predicted octanol–water partition coefficient (Wildman–Crippen LogP) is 3.67. The molecule has 0 saturated carbocycles. The Morgan fingerprint density at radius 1 is 1.15 bits per heavy atom. The van der Waals surface area contributed by atoms with Crippen LogP contribution in [0, 0.1) is 16.7 Å². The molecule has 1 heteroatoms. The van der Waals surface area contributed by atoms with Crippen LogP contribution in [0.25, 0.3) is 0 Å². The summed E-state index contributed by atoms with van der Waals surface area (Å²) in [6.07, 6.45) is 0.965. The highest BCUT2D eigenvalue weighted by molar-refractivity contribution is 5.81. The lowest BCUT2D eigenvalue weighted by Crippen LogP contribution is -2.31. The molecule has 0 aliphatic carbocycles. The van der Waals surface area contributed by atoms with Crippen LogP contribution in [0.4, 0.5) is 0 Å². The third-order valence-electron chi connectivity index (χ3n) is 3.41. The van der Waals surface area contributed by atoms with E-state index in [-0.39, 0.29) is 10.8 Å². The van der Waals surface area contributed by atoms with Gasteiger partial charge in [-0.2, -0.15) is 0 Å². The number of Topliss-reactive ketones (excluding diaryl/α,β-unsaturated/α-hetero) is 1. The van der Waals surface area contributed by atoms with Gasteiger partial charge in [0.15, 0.2) is 0 Å². The molecule has 0 unspecified atom stereocenters. The van der Waals surface area contributed by atoms with Gasteiger partial charge >= 0.3 is 0 Å². The van der Waals surface area contributed by atoms with Gasteiger partial charge in [-0.1, -0.05) is 41.5 Å². The van der Waals surface area contributed by atoms with E-state index in [4.69, 9.17) is 0 Å². The maximum absolute atomic E-state index is 11.4. The van der Waals surface area contributed by atoms with Crippen LogP contribution in [0.5, 0.6) is 0 Å². The Morgan fingerprint density at radius 2 is 1.54 bits per heavy atom. The Labute approximate surface area is 82.9 Å². The first-order valence-corrected chi connectivity index (χ1v) is 5.10. The lowest BCUT2D eigenvalue weighted by molar-refractivity contribution is -0.126. The van der Waals surface area contributed by atoms with Gasteiger partial charge in [0.2, 0.25) is 0 Å². The van der Waals surface area contributed by atoms with E-state index in [1.807, 2.05) is 13.8 Å². The van der Waals surface area contributed by atoms with Gasteiger partial charge in [0.25, 0.3) is 0 Å². The summed E-state index contributed by atoms with van der Waals surface area (Å²) in [6.45, 7) is 14.7. The number of hydrogen-bond donors (Lipinski definition) is 0. The van der Waals surface area contributed by atoms with Crippen LogP contribution in [-0.4, -0.2) is 5.78 Å². The van der Waals surface area contributed by atoms with Crippen molar-refractivity contribution in [3.63, 3.8) is 0 Å². The molecule has 0 aliphatic rings. The molecule has 0 atom stereocenters. The average molecular weight is 184 g/mol. The van der Waals surface area contributed by atoms with Crippen molar-refractivity contribution < 1.29 is 4.79 Å². The Kier molecular flexibility index (Phi) is 3.71. The van der Waals surface area contributed by atoms with Crippen molar-refractivity contribution in [2.75, 3.05) is 0 Å². The molecule has 0 bridgehead atoms. The fourth-order valence-electron chi connectivity index (χ4n) is 1.47. The lowest BCUT2D eigenvalue weighted by Gasteiger charge is -2.36. The maximum atomic E-state index is 11.4. The summed E-state index contributed by atoms with van der Waals surface area (Å²) in [5.74, 6) is 0.910. The molecule has 0 heterocycles. The van der Waals surface area contributed by atoms with E-state index in [0.29, 0.717) is 11.7 Å². The van der Waals surface area contributed by atoms with Gasteiger partial charge in [0.1, 0.15) is 5.78 Å². The molecule has 13 heavy (non-hydrogen) atoms. The molecule has 0 N–H and O–H groups in total. The lowest BCUT2D eigenvalue weighted by atomic mass is 9.68. The number of carbonyl (C=O) groups excluding carboxylic acids is 1. The summed E-state index contributed by atoms with van der Waals surface area (Å²) >= 11 is 0. The highest BCUT2D eigenvalue weighted by Crippen LogP contribution is 2.39. The average Bonchev–Trinajstić information content (AvgIpc) is 1.83. The van der Waals surface area contributed by atoms with Crippen LogP contribution in [0.15, 0.2) is 0 Å². The molecule has 0 aromatic rings. The zero-order valence-corrected chi connectivity index (χ0v) is 10.2. The fraction of sp³-hybridized carbons (Fsp3) is 0.917. The van der Waals surface area contributed by atoms with Crippen molar-refractivity contribution in [1.29, 1.82) is 0 Å². The van der Waals surface area contributed by atoms with Gasteiger partial charge < -0.3 is 0 Å². The summed E-state index contributed by atoms with van der Waals surface area (Å²) < 4.78 is 0. The first kappa shape index (κ1) is 12.7. The standard InChI is InChI=1S/C12H24O/c1-9(2)11(4,5)8-12(6,7)10(3)13/h9H,8H2,1-7H3. The minimum absolute atomic E-state index is 0.173. The zero-order valence-electron chi connectivity index (χ0n) is 10.2. The molecule has 0 amide bonds. The molecule has 0 aromatic heterocycles. The first-order valence-electron chi connectivity index (χ1n) is 5.10. The highest BCUT2D eigenvalue weighted by Gasteiger charge is 2.33. The summed E-state index contributed by atoms with van der Waals surface area (Å²) in [5.41, 5.74) is 0.0724. The predicted molar refractivity (Wildman–Crippen MR) is 57.7 cm³/mol. The number of rotatable bonds is 4. The number of hydrogen-bond acceptors (Lipinski definition) is 1. The Hall–Kier alpha value is -0.330. The zero-order chi connectivity index (χ0) is 10.9. The molecule has 78 valence electrons. The van der Waals surface area contributed by atoms with Gasteiger partial charge in [-0.15, -0.1) is 0 Å². The largest absolute Gasteiger partial charge is 0.299 e. The molecule has 0 spiro atoms. The minimum Gasteiger partial charge on any atom is -0.299 e. The van der Waals surface area contributed by atoms with Crippen molar-refractivity contribution in [3.05, 3.63) is 0 Å². The quantitative estimate of drug-likeness (QED) is 0.651. The van der Waals surface area contributed by atoms with E-state index in [0.717, 1.165) is 6.42 Å². The van der Waals surface area contributed by atoms with E-state index in [1.165, 1.54) is 0 Å². The van der Waals surface area contributed by atoms with Crippen LogP contribution in [-0.2, 0) is 4.79 Å². The number of carbonyl (C=O) groups is 1. The second-order valence-electron chi connectivity index (χ2n) is 5.76. The molecule has 0 radical (unpaired) electrons. The van der Waals surface area contributed by atoms with Crippen molar-refractivity contribution >= 4 is 5.78 Å². The molecule has 0 fully saturated rings. The van der Waals surface area contributed by atoms with E-state index in [9.17, 15) is 4.79 Å². The van der Waals surface area contributed by atoms with Crippen molar-refractivity contribution in [2.45, 2.75) is 54.9 Å². The summed E-state index contributed by atoms with van der Waals surface area (Å²) in [5, 5.41) is 0. The topological polar surface area (TPSA) is 17.1 Å². The first-order chi connectivity index (χ1) is 5.59. The smallest absolute Gasteiger partial charge is 0.135 e. The second-order valence-corrected chi connectivity index (χ2v) is 5.76. The molecule has 0 rings (SSSR count). The van der Waals surface area contributed by atoms with Gasteiger partial charge in [-0.3, -0.25) is 4.79 Å². The van der Waals surface area contributed by atoms with E-state index in [1.54, 1.807) is 6.92 Å². The monoisotopic (exact) mass is 184 g/mol. The molecule has 1 nitrogen and oxygen atoms in total. The van der Waals surface area contributed by atoms with Crippen LogP contribution in [0.2, 0.25) is 0 Å². The van der Waals surface area contributed by atoms with Gasteiger partial charge in [-0.25, -0.2) is 0 Å². The maximum Gasteiger partial charge on any atom is 0.135 e. The van der Waals surface area contributed by atoms with Crippen molar-refractivity contribution in [1.82, 2.24) is 0 Å². The minimum atomic E-state index is -0.173. The summed E-state index contributed by atoms with van der Waals surface area (Å²) in [4.78, 5) is 11.4. The molecule has 0 aromatic carbocycles. The molecule has 0 saturated heterocycles. The SMILES string of the molecule is CC(=O)C(C)(C)CC(C)(C)C(C)C. The molecule has 0 aliphatic heterocycles. The third-order valence-corrected chi connectivity index (χ3v) is 3.41. The van der Waals surface area contributed by atoms with Gasteiger partial charge in [0, 0.05) is 5.41 Å². The van der Waals surface area contributed by atoms with E-state index >= 15 is 0 Å². The molecular formula is C12H24O. The van der Waals surface area contributed by atoms with Crippen LogP contribution in [0.1, 0.15) is 54.9 Å². The van der Waals surface area contributed by atoms with Crippen LogP contribution in [0.3, 0.4) is 0 Å². The Morgan fingerprint density at radius 3 is 1.77 bits per heavy atom. The Balaban J connectivity index is 4.52. The second kappa shape index (κ2) is 3.81. The normalized spacial score (nSPS) is 13.5. The van der Waals surface area contributed by atoms with Gasteiger partial charge in [0.05, 0.1) is 0 Å². The van der Waals surface area contributed by atoms with E-state index in [2.05, 4.69) is 27.7 Å². The van der Waals surface area contributed by atoms with Crippen LogP contribution >= 0.6 is 0 Å². The van der Waals surface area contributed by atoms with Crippen LogP contribution < -0.4 is 0 Å². The van der Waals surface area contributed by atoms with Crippen molar-refractivity contribution in [2.24, 2.45) is 16.7 Å². The third kappa shape index (κ3) is 3.50. The fourth-order valence-corrected chi connectivity index (χ4v) is 1.47. The van der Waals surface area contributed by atoms with Crippen molar-refractivity contribution in [3.8, 4) is 0 Å². The van der Waals surface area contributed by atoms with Gasteiger partial charge in [-0.05, 0) is 24.7 Å². The summed E-state index contributed by atoms with van der Waals surface area (Å²) in [7, 11) is 0. The Bertz CT molecular complexity index is 187. The number of ketones is 1. The highest BCUT2D eigenvalue weighted by atomic mass is 16.1. The van der Waals surface area contributed by atoms with E-state index < -0.39 is 0 Å². The summed E-state index contributed by atoms with van der Waals surface area (Å²) in [6, 6.07) is 0. The molecular weight excluding hydrogens is 160 g/mol.